The average Bonchev–Trinajstić information content (AvgIpc) is 3.09. The van der Waals surface area contributed by atoms with Gasteiger partial charge in [0.05, 0.1) is 6.04 Å². The lowest BCUT2D eigenvalue weighted by Gasteiger charge is -2.28. The zero-order valence-corrected chi connectivity index (χ0v) is 11.3. The first kappa shape index (κ1) is 12.3. The van der Waals surface area contributed by atoms with Gasteiger partial charge >= 0.3 is 0 Å². The molecule has 1 saturated carbocycles. The van der Waals surface area contributed by atoms with E-state index >= 15 is 0 Å². The minimum Gasteiger partial charge on any atom is -0.331 e. The van der Waals surface area contributed by atoms with Crippen molar-refractivity contribution in [1.29, 1.82) is 0 Å². The summed E-state index contributed by atoms with van der Waals surface area (Å²) in [7, 11) is 0. The Labute approximate surface area is 116 Å². The van der Waals surface area contributed by atoms with Crippen molar-refractivity contribution in [2.24, 2.45) is 5.73 Å². The molecule has 18 heavy (non-hydrogen) atoms. The van der Waals surface area contributed by atoms with Gasteiger partial charge in [-0.3, -0.25) is 4.79 Å². The third-order valence-corrected chi connectivity index (χ3v) is 4.20. The first-order valence-electron chi connectivity index (χ1n) is 6.09. The molecule has 0 bridgehead atoms. The van der Waals surface area contributed by atoms with E-state index in [4.69, 9.17) is 28.9 Å². The lowest BCUT2D eigenvalue weighted by atomic mass is 10.0. The van der Waals surface area contributed by atoms with Gasteiger partial charge in [-0.15, -0.1) is 0 Å². The maximum atomic E-state index is 12.0. The van der Waals surface area contributed by atoms with Crippen LogP contribution in [0.5, 0.6) is 0 Å². The molecule has 1 amide bonds. The molecule has 2 N–H and O–H groups in total. The van der Waals surface area contributed by atoms with Crippen molar-refractivity contribution in [3.05, 3.63) is 33.8 Å². The monoisotopic (exact) mass is 284 g/mol. The Morgan fingerprint density at radius 1 is 1.28 bits per heavy atom. The molecule has 2 unspecified atom stereocenters. The van der Waals surface area contributed by atoms with Gasteiger partial charge in [-0.25, -0.2) is 0 Å². The summed E-state index contributed by atoms with van der Waals surface area (Å²) in [6.07, 6.45) is 2.52. The summed E-state index contributed by atoms with van der Waals surface area (Å²) in [5, 5.41) is 1.25. The number of rotatable bonds is 2. The fourth-order valence-electron chi connectivity index (χ4n) is 2.69. The Morgan fingerprint density at radius 2 is 2.00 bits per heavy atom. The third-order valence-electron chi connectivity index (χ3n) is 3.62. The molecule has 1 saturated heterocycles. The van der Waals surface area contributed by atoms with Crippen molar-refractivity contribution in [2.45, 2.75) is 37.4 Å². The fourth-order valence-corrected chi connectivity index (χ4v) is 3.10. The summed E-state index contributed by atoms with van der Waals surface area (Å²) < 4.78 is 0. The molecule has 1 aromatic carbocycles. The molecule has 2 aliphatic rings. The van der Waals surface area contributed by atoms with Crippen LogP contribution in [0.2, 0.25) is 10.0 Å². The third kappa shape index (κ3) is 2.00. The van der Waals surface area contributed by atoms with E-state index in [1.54, 1.807) is 12.1 Å². The van der Waals surface area contributed by atoms with Gasteiger partial charge in [0.1, 0.15) is 0 Å². The van der Waals surface area contributed by atoms with E-state index in [2.05, 4.69) is 0 Å². The Balaban J connectivity index is 2.02. The van der Waals surface area contributed by atoms with Gasteiger partial charge in [0.15, 0.2) is 0 Å². The van der Waals surface area contributed by atoms with E-state index in [1.807, 2.05) is 11.0 Å². The van der Waals surface area contributed by atoms with Crippen LogP contribution >= 0.6 is 23.2 Å². The number of benzene rings is 1. The Bertz CT molecular complexity index is 502. The average molecular weight is 285 g/mol. The molecule has 0 spiro atoms. The first-order chi connectivity index (χ1) is 8.58. The zero-order valence-electron chi connectivity index (χ0n) is 9.77. The van der Waals surface area contributed by atoms with E-state index in [0.29, 0.717) is 22.5 Å². The van der Waals surface area contributed by atoms with Crippen LogP contribution in [0.25, 0.3) is 0 Å². The van der Waals surface area contributed by atoms with Crippen LogP contribution in [-0.4, -0.2) is 22.9 Å². The zero-order chi connectivity index (χ0) is 12.9. The van der Waals surface area contributed by atoms with Gasteiger partial charge in [-0.05, 0) is 36.6 Å². The van der Waals surface area contributed by atoms with Gasteiger partial charge in [0.2, 0.25) is 5.91 Å². The fraction of sp³-hybridized carbons (Fsp3) is 0.462. The number of hydrogen-bond donors (Lipinski definition) is 1. The number of nitrogens with zero attached hydrogens (tertiary/aromatic N) is 1. The summed E-state index contributed by atoms with van der Waals surface area (Å²) >= 11 is 12.2. The Kier molecular flexibility index (Phi) is 3.00. The van der Waals surface area contributed by atoms with Gasteiger partial charge in [0, 0.05) is 28.5 Å². The molecule has 96 valence electrons. The van der Waals surface area contributed by atoms with Crippen molar-refractivity contribution in [2.75, 3.05) is 0 Å². The first-order valence-corrected chi connectivity index (χ1v) is 6.85. The van der Waals surface area contributed by atoms with E-state index in [-0.39, 0.29) is 18.0 Å². The highest BCUT2D eigenvalue weighted by Gasteiger charge is 2.46. The number of nitrogens with two attached hydrogens (primary N) is 1. The van der Waals surface area contributed by atoms with Gasteiger partial charge < -0.3 is 10.6 Å². The number of carbonyl (C=O) groups is 1. The van der Waals surface area contributed by atoms with Crippen LogP contribution in [0, 0.1) is 0 Å². The van der Waals surface area contributed by atoms with E-state index < -0.39 is 0 Å². The van der Waals surface area contributed by atoms with E-state index in [9.17, 15) is 4.79 Å². The molecule has 3 nitrogen and oxygen atoms in total. The highest BCUT2D eigenvalue weighted by atomic mass is 35.5. The molecular weight excluding hydrogens is 271 g/mol. The molecule has 0 aromatic heterocycles. The molecule has 2 atom stereocenters. The molecular formula is C13H14Cl2N2O. The number of amides is 1. The molecule has 3 rings (SSSR count). The summed E-state index contributed by atoms with van der Waals surface area (Å²) in [5.41, 5.74) is 6.98. The van der Waals surface area contributed by atoms with Crippen LogP contribution in [0.1, 0.15) is 30.9 Å². The molecule has 2 fully saturated rings. The van der Waals surface area contributed by atoms with Crippen LogP contribution in [0.3, 0.4) is 0 Å². The SMILES string of the molecule is NC1CC(=O)N(C2CC2)C1c1cc(Cl)ccc1Cl. The summed E-state index contributed by atoms with van der Waals surface area (Å²) in [6.45, 7) is 0. The maximum absolute atomic E-state index is 12.0. The summed E-state index contributed by atoms with van der Waals surface area (Å²) in [5.74, 6) is 0.131. The maximum Gasteiger partial charge on any atom is 0.225 e. The molecule has 1 aromatic rings. The highest BCUT2D eigenvalue weighted by molar-refractivity contribution is 6.33. The topological polar surface area (TPSA) is 46.3 Å². The second-order valence-corrected chi connectivity index (χ2v) is 5.85. The van der Waals surface area contributed by atoms with E-state index in [0.717, 1.165) is 18.4 Å². The molecule has 1 aliphatic carbocycles. The highest BCUT2D eigenvalue weighted by Crippen LogP contribution is 2.43. The Morgan fingerprint density at radius 3 is 2.67 bits per heavy atom. The minimum atomic E-state index is -0.200. The number of halogens is 2. The number of likely N-dealkylation sites (tertiary alicyclic amines) is 1. The lowest BCUT2D eigenvalue weighted by Crippen LogP contribution is -2.34. The van der Waals surface area contributed by atoms with Crippen molar-refractivity contribution in [1.82, 2.24) is 4.90 Å². The van der Waals surface area contributed by atoms with Crippen LogP contribution in [0.15, 0.2) is 18.2 Å². The predicted molar refractivity (Wildman–Crippen MR) is 71.7 cm³/mol. The van der Waals surface area contributed by atoms with Crippen molar-refractivity contribution in [3.8, 4) is 0 Å². The number of carbonyl (C=O) groups excluding carboxylic acids is 1. The standard InChI is InChI=1S/C13H14Cl2N2O/c14-7-1-4-10(15)9(5-7)13-11(16)6-12(18)17(13)8-2-3-8/h1,4-5,8,11,13H,2-3,6,16H2. The quantitative estimate of drug-likeness (QED) is 0.908. The van der Waals surface area contributed by atoms with Gasteiger partial charge in [-0.2, -0.15) is 0 Å². The normalized spacial score (nSPS) is 27.9. The molecule has 1 aliphatic heterocycles. The van der Waals surface area contributed by atoms with Gasteiger partial charge in [0.25, 0.3) is 0 Å². The summed E-state index contributed by atoms with van der Waals surface area (Å²) in [6, 6.07) is 5.34. The molecule has 0 radical (unpaired) electrons. The minimum absolute atomic E-state index is 0.129. The van der Waals surface area contributed by atoms with Crippen LogP contribution in [0.4, 0.5) is 0 Å². The Hall–Kier alpha value is -0.770. The molecule has 5 heteroatoms. The lowest BCUT2D eigenvalue weighted by molar-refractivity contribution is -0.129. The number of hydrogen-bond acceptors (Lipinski definition) is 2. The van der Waals surface area contributed by atoms with Crippen molar-refractivity contribution < 1.29 is 4.79 Å². The van der Waals surface area contributed by atoms with Gasteiger partial charge in [-0.1, -0.05) is 23.2 Å². The molecule has 1 heterocycles. The second-order valence-electron chi connectivity index (χ2n) is 5.01. The van der Waals surface area contributed by atoms with Crippen LogP contribution < -0.4 is 5.73 Å². The smallest absolute Gasteiger partial charge is 0.225 e. The van der Waals surface area contributed by atoms with Crippen molar-refractivity contribution in [3.63, 3.8) is 0 Å². The summed E-state index contributed by atoms with van der Waals surface area (Å²) in [4.78, 5) is 13.9. The van der Waals surface area contributed by atoms with Crippen LogP contribution in [-0.2, 0) is 4.79 Å². The largest absolute Gasteiger partial charge is 0.331 e. The van der Waals surface area contributed by atoms with Crippen molar-refractivity contribution >= 4 is 29.1 Å². The van der Waals surface area contributed by atoms with E-state index in [1.165, 1.54) is 0 Å². The second kappa shape index (κ2) is 4.41. The predicted octanol–water partition coefficient (Wildman–Crippen LogP) is 2.76.